The lowest BCUT2D eigenvalue weighted by molar-refractivity contribution is 0.297. The van der Waals surface area contributed by atoms with Crippen LogP contribution in [0.15, 0.2) is 23.1 Å². The van der Waals surface area contributed by atoms with Gasteiger partial charge < -0.3 is 5.73 Å². The van der Waals surface area contributed by atoms with Crippen LogP contribution < -0.4 is 10.5 Å². The first-order chi connectivity index (χ1) is 8.50. The smallest absolute Gasteiger partial charge is 0.240 e. The molecule has 2 rings (SSSR count). The molecule has 3 N–H and O–H groups in total. The van der Waals surface area contributed by atoms with Crippen molar-refractivity contribution in [3.8, 4) is 0 Å². The van der Waals surface area contributed by atoms with Crippen LogP contribution in [-0.4, -0.2) is 15.0 Å². The van der Waals surface area contributed by atoms with Crippen molar-refractivity contribution in [3.05, 3.63) is 23.8 Å². The molecule has 1 fully saturated rings. The van der Waals surface area contributed by atoms with Crippen molar-refractivity contribution in [2.75, 3.05) is 12.3 Å². The van der Waals surface area contributed by atoms with Gasteiger partial charge in [0.05, 0.1) is 4.90 Å². The zero-order valence-corrected chi connectivity index (χ0v) is 11.5. The van der Waals surface area contributed by atoms with E-state index in [1.165, 1.54) is 19.3 Å². The van der Waals surface area contributed by atoms with Gasteiger partial charge in [0.15, 0.2) is 0 Å². The molecule has 1 aromatic carbocycles. The van der Waals surface area contributed by atoms with Gasteiger partial charge in [-0.1, -0.05) is 25.3 Å². The number of rotatable bonds is 5. The summed E-state index contributed by atoms with van der Waals surface area (Å²) < 4.78 is 26.9. The minimum atomic E-state index is -3.42. The van der Waals surface area contributed by atoms with Crippen LogP contribution in [0.25, 0.3) is 0 Å². The molecule has 0 atom stereocenters. The Morgan fingerprint density at radius 3 is 2.72 bits per heavy atom. The lowest BCUT2D eigenvalue weighted by Gasteiger charge is -2.25. The van der Waals surface area contributed by atoms with Crippen LogP contribution in [0.3, 0.4) is 0 Å². The Hall–Kier alpha value is -1.07. The molecule has 0 unspecified atom stereocenters. The van der Waals surface area contributed by atoms with Crippen molar-refractivity contribution in [2.24, 2.45) is 5.92 Å². The van der Waals surface area contributed by atoms with Gasteiger partial charge in [-0.15, -0.1) is 0 Å². The summed E-state index contributed by atoms with van der Waals surface area (Å²) in [6, 6.07) is 4.98. The van der Waals surface area contributed by atoms with E-state index in [1.54, 1.807) is 25.1 Å². The molecule has 4 nitrogen and oxygen atoms in total. The summed E-state index contributed by atoms with van der Waals surface area (Å²) in [5.41, 5.74) is 6.86. The summed E-state index contributed by atoms with van der Waals surface area (Å²) >= 11 is 0. The summed E-state index contributed by atoms with van der Waals surface area (Å²) in [4.78, 5) is 0.288. The number of nitrogens with one attached hydrogen (secondary N) is 1. The normalized spacial score (nSPS) is 16.5. The third kappa shape index (κ3) is 2.84. The van der Waals surface area contributed by atoms with Gasteiger partial charge in [-0.2, -0.15) is 0 Å². The molecule has 1 aliphatic carbocycles. The van der Waals surface area contributed by atoms with Gasteiger partial charge in [0, 0.05) is 12.2 Å². The molecule has 0 radical (unpaired) electrons. The Balaban J connectivity index is 2.02. The summed E-state index contributed by atoms with van der Waals surface area (Å²) in [6.07, 6.45) is 4.68. The van der Waals surface area contributed by atoms with E-state index in [0.717, 1.165) is 6.42 Å². The summed E-state index contributed by atoms with van der Waals surface area (Å²) in [5.74, 6) is 0.703. The number of anilines is 1. The number of hydrogen-bond donors (Lipinski definition) is 2. The zero-order chi connectivity index (χ0) is 13.2. The molecule has 1 aliphatic rings. The first-order valence-corrected chi connectivity index (χ1v) is 7.84. The largest absolute Gasteiger partial charge is 0.398 e. The SMILES string of the molecule is Cc1c(N)cccc1S(=O)(=O)NCCC1CCC1. The van der Waals surface area contributed by atoms with Crippen LogP contribution in [0.1, 0.15) is 31.2 Å². The van der Waals surface area contributed by atoms with Crippen molar-refractivity contribution in [1.82, 2.24) is 4.72 Å². The van der Waals surface area contributed by atoms with E-state index in [0.29, 0.717) is 23.7 Å². The van der Waals surface area contributed by atoms with E-state index in [1.807, 2.05) is 0 Å². The number of nitrogens with two attached hydrogens (primary N) is 1. The van der Waals surface area contributed by atoms with Crippen LogP contribution in [0, 0.1) is 12.8 Å². The van der Waals surface area contributed by atoms with Gasteiger partial charge in [0.2, 0.25) is 10.0 Å². The first kappa shape index (κ1) is 13.4. The predicted molar refractivity (Wildman–Crippen MR) is 72.7 cm³/mol. The van der Waals surface area contributed by atoms with Gasteiger partial charge in [-0.3, -0.25) is 0 Å². The molecule has 100 valence electrons. The van der Waals surface area contributed by atoms with Crippen LogP contribution >= 0.6 is 0 Å². The highest BCUT2D eigenvalue weighted by molar-refractivity contribution is 7.89. The Bertz CT molecular complexity index is 522. The molecule has 0 amide bonds. The standard InChI is InChI=1S/C13H20N2O2S/c1-10-12(14)6-3-7-13(10)18(16,17)15-9-8-11-4-2-5-11/h3,6-7,11,15H,2,4-5,8-9,14H2,1H3. The Labute approximate surface area is 109 Å². The lowest BCUT2D eigenvalue weighted by Crippen LogP contribution is -2.28. The highest BCUT2D eigenvalue weighted by Crippen LogP contribution is 2.29. The zero-order valence-electron chi connectivity index (χ0n) is 10.6. The molecule has 0 heterocycles. The predicted octanol–water partition coefficient (Wildman–Crippen LogP) is 2.05. The van der Waals surface area contributed by atoms with Crippen LogP contribution in [-0.2, 0) is 10.0 Å². The van der Waals surface area contributed by atoms with Gasteiger partial charge in [0.1, 0.15) is 0 Å². The molecule has 0 bridgehead atoms. The highest BCUT2D eigenvalue weighted by atomic mass is 32.2. The van der Waals surface area contributed by atoms with Gasteiger partial charge in [-0.05, 0) is 37.0 Å². The number of benzene rings is 1. The molecule has 18 heavy (non-hydrogen) atoms. The van der Waals surface area contributed by atoms with Crippen molar-refractivity contribution in [3.63, 3.8) is 0 Å². The van der Waals surface area contributed by atoms with Gasteiger partial charge in [-0.25, -0.2) is 13.1 Å². The Kier molecular flexibility index (Phi) is 3.92. The maximum atomic E-state index is 12.1. The van der Waals surface area contributed by atoms with Crippen molar-refractivity contribution in [1.29, 1.82) is 0 Å². The van der Waals surface area contributed by atoms with E-state index in [-0.39, 0.29) is 4.90 Å². The van der Waals surface area contributed by atoms with E-state index in [4.69, 9.17) is 5.73 Å². The average molecular weight is 268 g/mol. The van der Waals surface area contributed by atoms with E-state index in [2.05, 4.69) is 4.72 Å². The summed E-state index contributed by atoms with van der Waals surface area (Å²) in [7, 11) is -3.42. The van der Waals surface area contributed by atoms with E-state index < -0.39 is 10.0 Å². The molecule has 1 saturated carbocycles. The maximum absolute atomic E-state index is 12.1. The fourth-order valence-electron chi connectivity index (χ4n) is 2.18. The molecular weight excluding hydrogens is 248 g/mol. The van der Waals surface area contributed by atoms with Crippen molar-refractivity contribution >= 4 is 15.7 Å². The Morgan fingerprint density at radius 2 is 2.11 bits per heavy atom. The topological polar surface area (TPSA) is 72.2 Å². The number of hydrogen-bond acceptors (Lipinski definition) is 3. The first-order valence-electron chi connectivity index (χ1n) is 6.35. The highest BCUT2D eigenvalue weighted by Gasteiger charge is 2.20. The average Bonchev–Trinajstić information content (AvgIpc) is 2.25. The van der Waals surface area contributed by atoms with Crippen LogP contribution in [0.4, 0.5) is 5.69 Å². The monoisotopic (exact) mass is 268 g/mol. The minimum absolute atomic E-state index is 0.288. The molecule has 1 aromatic rings. The molecule has 0 spiro atoms. The van der Waals surface area contributed by atoms with Crippen LogP contribution in [0.5, 0.6) is 0 Å². The number of sulfonamides is 1. The Morgan fingerprint density at radius 1 is 1.39 bits per heavy atom. The van der Waals surface area contributed by atoms with E-state index >= 15 is 0 Å². The molecule has 5 heteroatoms. The third-order valence-electron chi connectivity index (χ3n) is 3.68. The number of nitrogen functional groups attached to an aromatic ring is 1. The lowest BCUT2D eigenvalue weighted by atomic mass is 9.83. The molecule has 0 aromatic heterocycles. The molecule has 0 aliphatic heterocycles. The summed E-state index contributed by atoms with van der Waals surface area (Å²) in [6.45, 7) is 2.25. The van der Waals surface area contributed by atoms with Gasteiger partial charge >= 0.3 is 0 Å². The van der Waals surface area contributed by atoms with Crippen molar-refractivity contribution in [2.45, 2.75) is 37.5 Å². The fraction of sp³-hybridized carbons (Fsp3) is 0.538. The minimum Gasteiger partial charge on any atom is -0.398 e. The fourth-order valence-corrected chi connectivity index (χ4v) is 3.50. The quantitative estimate of drug-likeness (QED) is 0.803. The molecular formula is C13H20N2O2S. The maximum Gasteiger partial charge on any atom is 0.240 e. The second kappa shape index (κ2) is 5.28. The second-order valence-corrected chi connectivity index (χ2v) is 6.69. The third-order valence-corrected chi connectivity index (χ3v) is 5.29. The van der Waals surface area contributed by atoms with Gasteiger partial charge in [0.25, 0.3) is 0 Å². The van der Waals surface area contributed by atoms with Crippen LogP contribution in [0.2, 0.25) is 0 Å². The second-order valence-electron chi connectivity index (χ2n) is 4.95. The molecule has 0 saturated heterocycles. The van der Waals surface area contributed by atoms with E-state index in [9.17, 15) is 8.42 Å². The summed E-state index contributed by atoms with van der Waals surface area (Å²) in [5, 5.41) is 0. The van der Waals surface area contributed by atoms with Crippen molar-refractivity contribution < 1.29 is 8.42 Å².